The molecular formula is C25H20N3O4Zn-. The van der Waals surface area contributed by atoms with Gasteiger partial charge in [0.2, 0.25) is 6.40 Å². The van der Waals surface area contributed by atoms with E-state index in [1.54, 1.807) is 19.2 Å². The smallest absolute Gasteiger partial charge is 0.357 e. The van der Waals surface area contributed by atoms with Crippen molar-refractivity contribution < 1.29 is 39.2 Å². The van der Waals surface area contributed by atoms with Crippen LogP contribution >= 0.6 is 0 Å². The summed E-state index contributed by atoms with van der Waals surface area (Å²) >= 11 is 0. The second kappa shape index (κ2) is 8.92. The van der Waals surface area contributed by atoms with Gasteiger partial charge in [0, 0.05) is 26.5 Å². The summed E-state index contributed by atoms with van der Waals surface area (Å²) in [6, 6.07) is 19.2. The van der Waals surface area contributed by atoms with E-state index in [1.807, 2.05) is 49.4 Å². The van der Waals surface area contributed by atoms with Gasteiger partial charge >= 0.3 is 5.97 Å². The van der Waals surface area contributed by atoms with Gasteiger partial charge in [-0.2, -0.15) is 34.9 Å². The van der Waals surface area contributed by atoms with E-state index in [0.29, 0.717) is 11.3 Å². The Hall–Kier alpha value is -3.29. The summed E-state index contributed by atoms with van der Waals surface area (Å²) in [6.45, 7) is 1.99. The van der Waals surface area contributed by atoms with E-state index < -0.39 is 11.2 Å². The Morgan fingerprint density at radius 3 is 2.36 bits per heavy atom. The topological polar surface area (TPSA) is 101 Å². The molecule has 1 atom stereocenters. The molecule has 0 fully saturated rings. The number of carbonyl (C=O) groups excluding carboxylic acids is 1. The van der Waals surface area contributed by atoms with Crippen molar-refractivity contribution in [1.82, 2.24) is 0 Å². The minimum Gasteiger partial charge on any atom is -0.586 e. The van der Waals surface area contributed by atoms with Crippen LogP contribution in [0.25, 0.3) is 43.1 Å². The fourth-order valence-electron chi connectivity index (χ4n) is 4.52. The van der Waals surface area contributed by atoms with Crippen LogP contribution in [0.4, 0.5) is 5.69 Å². The number of benzene rings is 4. The zero-order chi connectivity index (χ0) is 22.4. The van der Waals surface area contributed by atoms with Crippen LogP contribution < -0.4 is 11.1 Å². The summed E-state index contributed by atoms with van der Waals surface area (Å²) in [5.41, 5.74) is 1.87. The number of nitrogens with one attached hydrogen (secondary N) is 1. The maximum atomic E-state index is 12.8. The van der Waals surface area contributed by atoms with Crippen molar-refractivity contribution in [2.45, 2.75) is 6.92 Å². The molecule has 1 unspecified atom stereocenters. The first-order valence-electron chi connectivity index (χ1n) is 10.0. The molecule has 5 aromatic rings. The Labute approximate surface area is 202 Å². The predicted octanol–water partition coefficient (Wildman–Crippen LogP) is 3.96. The zero-order valence-electron chi connectivity index (χ0n) is 18.2. The number of aliphatic imine (C=N–C) groups is 1. The fraction of sp³-hybridized carbons (Fsp3) is 0.0800. The molecule has 0 aliphatic carbocycles. The monoisotopic (exact) mass is 490 g/mol. The van der Waals surface area contributed by atoms with Crippen molar-refractivity contribution in [1.29, 1.82) is 0 Å². The van der Waals surface area contributed by atoms with E-state index in [2.05, 4.69) is 15.9 Å². The maximum absolute atomic E-state index is 12.8. The Kier molecular flexibility index (Phi) is 6.19. The van der Waals surface area contributed by atoms with E-state index in [9.17, 15) is 10.0 Å². The van der Waals surface area contributed by atoms with Gasteiger partial charge in [0.1, 0.15) is 5.69 Å². The molecule has 0 bridgehead atoms. The SMILES string of the molecule is CN=CO[NH+]([O-])c1ccc2c3cccc4c(C(=O)ON)ccc(c5cc[c-](C)cc1c25)c43.[Zn]. The molecular weight excluding hydrogens is 472 g/mol. The number of quaternary nitrogens is 1. The molecule has 5 rings (SSSR count). The number of rotatable bonds is 4. The summed E-state index contributed by atoms with van der Waals surface area (Å²) < 4.78 is 0. The van der Waals surface area contributed by atoms with Crippen molar-refractivity contribution in [3.8, 4) is 0 Å². The van der Waals surface area contributed by atoms with Crippen molar-refractivity contribution in [3.63, 3.8) is 0 Å². The van der Waals surface area contributed by atoms with E-state index in [-0.39, 0.29) is 19.5 Å². The number of nitrogens with zero attached hydrogens (tertiary/aromatic N) is 1. The summed E-state index contributed by atoms with van der Waals surface area (Å²) in [5.74, 6) is 4.58. The average molecular weight is 492 g/mol. The van der Waals surface area contributed by atoms with Gasteiger partial charge in [-0.25, -0.2) is 4.79 Å². The van der Waals surface area contributed by atoms with Crippen LogP contribution in [0.2, 0.25) is 0 Å². The predicted molar refractivity (Wildman–Crippen MR) is 126 cm³/mol. The number of carbonyl (C=O) groups is 1. The van der Waals surface area contributed by atoms with E-state index in [1.165, 1.54) is 0 Å². The van der Waals surface area contributed by atoms with Gasteiger partial charge in [-0.1, -0.05) is 47.3 Å². The van der Waals surface area contributed by atoms with E-state index >= 15 is 0 Å². The minimum absolute atomic E-state index is 0. The van der Waals surface area contributed by atoms with Crippen LogP contribution in [0.5, 0.6) is 0 Å². The molecule has 3 N–H and O–H groups in total. The van der Waals surface area contributed by atoms with Crippen LogP contribution in [-0.4, -0.2) is 19.4 Å². The van der Waals surface area contributed by atoms with Crippen LogP contribution in [0.15, 0.2) is 65.7 Å². The average Bonchev–Trinajstić information content (AvgIpc) is 2.99. The molecule has 0 amide bonds. The number of nitrogens with two attached hydrogens (primary N) is 1. The van der Waals surface area contributed by atoms with Crippen LogP contribution in [0.1, 0.15) is 15.9 Å². The summed E-state index contributed by atoms with van der Waals surface area (Å²) in [5, 5.41) is 19.6. The Morgan fingerprint density at radius 1 is 1.00 bits per heavy atom. The van der Waals surface area contributed by atoms with Crippen LogP contribution in [-0.2, 0) is 29.2 Å². The van der Waals surface area contributed by atoms with Crippen molar-refractivity contribution in [3.05, 3.63) is 77.0 Å². The largest absolute Gasteiger partial charge is 0.586 e. The molecule has 0 heterocycles. The fourth-order valence-corrected chi connectivity index (χ4v) is 4.52. The third kappa shape index (κ3) is 3.57. The number of hydrogen-bond donors (Lipinski definition) is 2. The minimum atomic E-state index is -0.588. The number of aryl methyl sites for hydroxylation is 1. The standard InChI is InChI=1S/C25H20N3O4.Zn/c1-14-6-7-17-18-8-9-20(25(29)32-26)16-5-3-4-15(23(16)18)19-10-11-22(21(12-14)24(17)19)28(30)31-13-27-2;/h3-13,28H,26H2,1-2H3;/q-1;. The second-order valence-electron chi connectivity index (χ2n) is 7.65. The molecule has 0 aromatic heterocycles. The van der Waals surface area contributed by atoms with Gasteiger partial charge in [-0.15, -0.1) is 0 Å². The van der Waals surface area contributed by atoms with Gasteiger partial charge in [-0.05, 0) is 45.1 Å². The third-order valence-corrected chi connectivity index (χ3v) is 5.83. The molecule has 162 valence electrons. The normalized spacial score (nSPS) is 12.5. The summed E-state index contributed by atoms with van der Waals surface area (Å²) in [7, 11) is 1.54. The first-order chi connectivity index (χ1) is 15.5. The van der Waals surface area contributed by atoms with E-state index in [4.69, 9.17) is 10.7 Å². The molecule has 0 aliphatic heterocycles. The molecule has 33 heavy (non-hydrogen) atoms. The summed E-state index contributed by atoms with van der Waals surface area (Å²) in [4.78, 5) is 25.7. The third-order valence-electron chi connectivity index (χ3n) is 5.83. The summed E-state index contributed by atoms with van der Waals surface area (Å²) in [6.07, 6.45) is 1.14. The Bertz CT molecular complexity index is 1560. The van der Waals surface area contributed by atoms with Crippen LogP contribution in [0.3, 0.4) is 0 Å². The van der Waals surface area contributed by atoms with Gasteiger partial charge in [0.15, 0.2) is 0 Å². The maximum Gasteiger partial charge on any atom is 0.357 e. The quantitative estimate of drug-likeness (QED) is 0.0753. The Morgan fingerprint density at radius 2 is 1.64 bits per heavy atom. The zero-order valence-corrected chi connectivity index (χ0v) is 21.2. The van der Waals surface area contributed by atoms with Gasteiger partial charge in [0.25, 0.3) is 0 Å². The van der Waals surface area contributed by atoms with Crippen molar-refractivity contribution >= 4 is 61.1 Å². The Balaban J connectivity index is 0.00000259. The number of fused-ring (bicyclic) bond motifs is 2. The molecule has 0 spiro atoms. The first-order valence-corrected chi connectivity index (χ1v) is 10.0. The first kappa shape index (κ1) is 22.9. The molecule has 0 radical (unpaired) electrons. The van der Waals surface area contributed by atoms with Crippen molar-refractivity contribution in [2.24, 2.45) is 10.9 Å². The molecule has 0 aliphatic rings. The molecule has 8 heteroatoms. The molecule has 5 aromatic carbocycles. The van der Waals surface area contributed by atoms with Crippen LogP contribution in [0, 0.1) is 12.1 Å². The van der Waals surface area contributed by atoms with Gasteiger partial charge in [-0.3, -0.25) is 9.83 Å². The van der Waals surface area contributed by atoms with Crippen molar-refractivity contribution in [2.75, 3.05) is 7.05 Å². The second-order valence-corrected chi connectivity index (χ2v) is 7.65. The molecule has 0 saturated carbocycles. The number of hydrogen-bond acceptors (Lipinski definition) is 6. The van der Waals surface area contributed by atoms with E-state index in [0.717, 1.165) is 55.1 Å². The van der Waals surface area contributed by atoms with Gasteiger partial charge < -0.3 is 10.0 Å². The molecule has 7 nitrogen and oxygen atoms in total. The van der Waals surface area contributed by atoms with Gasteiger partial charge in [0.05, 0.1) is 5.56 Å². The molecule has 0 saturated heterocycles.